The summed E-state index contributed by atoms with van der Waals surface area (Å²) in [4.78, 5) is 1.93. The van der Waals surface area contributed by atoms with Gasteiger partial charge in [-0.2, -0.15) is 0 Å². The van der Waals surface area contributed by atoms with Crippen LogP contribution in [0, 0.1) is 6.92 Å². The summed E-state index contributed by atoms with van der Waals surface area (Å²) in [6.45, 7) is 13.3. The summed E-state index contributed by atoms with van der Waals surface area (Å²) < 4.78 is 18.5. The molecule has 0 saturated heterocycles. The zero-order chi connectivity index (χ0) is 18.7. The zero-order valence-corrected chi connectivity index (χ0v) is 20.6. The number of benzene rings is 1. The summed E-state index contributed by atoms with van der Waals surface area (Å²) in [7, 11) is -1.04. The number of rotatable bonds is 13. The van der Waals surface area contributed by atoms with Crippen molar-refractivity contribution in [2.24, 2.45) is 0 Å². The molecular formula is C22H38OSSn. The molecule has 3 heteroatoms. The van der Waals surface area contributed by atoms with Crippen molar-refractivity contribution in [3.8, 4) is 0 Å². The van der Waals surface area contributed by atoms with Crippen LogP contribution in [0.15, 0.2) is 40.6 Å². The first-order valence-electron chi connectivity index (χ1n) is 10.1. The van der Waals surface area contributed by atoms with Crippen LogP contribution in [0.2, 0.25) is 17.7 Å². The molecule has 0 heterocycles. The number of allylic oxidation sites excluding steroid dienone is 1. The summed E-state index contributed by atoms with van der Waals surface area (Å²) in [6.07, 6.45) is 7.91. The van der Waals surface area contributed by atoms with E-state index in [4.69, 9.17) is 0 Å². The van der Waals surface area contributed by atoms with Gasteiger partial charge in [0.1, 0.15) is 0 Å². The molecule has 0 aromatic heterocycles. The van der Waals surface area contributed by atoms with Gasteiger partial charge >= 0.3 is 164 Å². The van der Waals surface area contributed by atoms with Gasteiger partial charge in [-0.15, -0.1) is 0 Å². The normalized spacial score (nSPS) is 13.0. The van der Waals surface area contributed by atoms with Crippen LogP contribution in [0.25, 0.3) is 0 Å². The van der Waals surface area contributed by atoms with Crippen LogP contribution >= 0.6 is 0 Å². The molecule has 1 rings (SSSR count). The first kappa shape index (κ1) is 22.9. The summed E-state index contributed by atoms with van der Waals surface area (Å²) >= 11 is -2.30. The Morgan fingerprint density at radius 1 is 0.920 bits per heavy atom. The second-order valence-corrected chi connectivity index (χ2v) is 23.0. The molecule has 0 saturated carbocycles. The molecule has 0 amide bonds. The maximum atomic E-state index is 13.0. The van der Waals surface area contributed by atoms with Crippen molar-refractivity contribution in [3.63, 3.8) is 0 Å². The Kier molecular flexibility index (Phi) is 11.3. The van der Waals surface area contributed by atoms with Crippen molar-refractivity contribution in [2.75, 3.05) is 0 Å². The fourth-order valence-electron chi connectivity index (χ4n) is 3.61. The third-order valence-electron chi connectivity index (χ3n) is 5.25. The van der Waals surface area contributed by atoms with Gasteiger partial charge in [0.25, 0.3) is 0 Å². The van der Waals surface area contributed by atoms with Crippen molar-refractivity contribution >= 4 is 29.2 Å². The van der Waals surface area contributed by atoms with Crippen molar-refractivity contribution in [3.05, 3.63) is 41.3 Å². The Labute approximate surface area is 163 Å². The van der Waals surface area contributed by atoms with Crippen LogP contribution in [0.5, 0.6) is 0 Å². The Morgan fingerprint density at radius 2 is 1.36 bits per heavy atom. The molecule has 0 aliphatic heterocycles. The van der Waals surface area contributed by atoms with Gasteiger partial charge in [0.2, 0.25) is 0 Å². The van der Waals surface area contributed by atoms with Crippen LogP contribution in [-0.4, -0.2) is 22.6 Å². The van der Waals surface area contributed by atoms with E-state index < -0.39 is 29.2 Å². The van der Waals surface area contributed by atoms with Crippen LogP contribution in [-0.2, 0) is 10.8 Å². The molecule has 25 heavy (non-hydrogen) atoms. The monoisotopic (exact) mass is 470 g/mol. The van der Waals surface area contributed by atoms with Crippen molar-refractivity contribution in [1.82, 2.24) is 0 Å². The topological polar surface area (TPSA) is 17.1 Å². The Balaban J connectivity index is 2.93. The predicted octanol–water partition coefficient (Wildman–Crippen LogP) is 7.47. The van der Waals surface area contributed by atoms with Crippen molar-refractivity contribution < 1.29 is 4.21 Å². The standard InChI is InChI=1S/C10H11OS.3C4H9.Sn/c1-8(2)12(11)10-6-4-9(3)5-7-10;3*1-3-4-2;/h4-7H,1-2H2,3H3;3*1,3-4H2,2H3;. The van der Waals surface area contributed by atoms with E-state index in [-0.39, 0.29) is 0 Å². The van der Waals surface area contributed by atoms with Gasteiger partial charge in [0.05, 0.1) is 0 Å². The van der Waals surface area contributed by atoms with E-state index in [1.54, 1.807) is 0 Å². The van der Waals surface area contributed by atoms with E-state index >= 15 is 0 Å². The fraction of sp³-hybridized carbons (Fsp3) is 0.636. The molecule has 1 aromatic carbocycles. The third kappa shape index (κ3) is 7.99. The summed E-state index contributed by atoms with van der Waals surface area (Å²) in [5.41, 5.74) is 1.22. The van der Waals surface area contributed by atoms with Crippen LogP contribution in [0.4, 0.5) is 0 Å². The van der Waals surface area contributed by atoms with Crippen LogP contribution < -0.4 is 0 Å². The van der Waals surface area contributed by atoms with Gasteiger partial charge in [0, 0.05) is 0 Å². The van der Waals surface area contributed by atoms with Crippen molar-refractivity contribution in [1.29, 1.82) is 0 Å². The van der Waals surface area contributed by atoms with E-state index in [1.165, 1.54) is 57.4 Å². The Bertz CT molecular complexity index is 514. The van der Waals surface area contributed by atoms with Gasteiger partial charge < -0.3 is 0 Å². The van der Waals surface area contributed by atoms with Crippen LogP contribution in [0.1, 0.15) is 64.9 Å². The van der Waals surface area contributed by atoms with Gasteiger partial charge in [-0.3, -0.25) is 0 Å². The molecule has 1 aromatic rings. The number of hydrogen-bond acceptors (Lipinski definition) is 1. The molecular weight excluding hydrogens is 431 g/mol. The second-order valence-electron chi connectivity index (χ2n) is 7.61. The molecule has 0 spiro atoms. The average Bonchev–Trinajstić information content (AvgIpc) is 2.62. The zero-order valence-electron chi connectivity index (χ0n) is 16.9. The SMILES string of the molecule is C=C([CH2][Sn]([CH2]CCC)([CH2]CCC)[CH2]CCC)S(=O)c1ccc(C)cc1. The van der Waals surface area contributed by atoms with Gasteiger partial charge in [0.15, 0.2) is 0 Å². The van der Waals surface area contributed by atoms with E-state index in [1.807, 2.05) is 12.1 Å². The summed E-state index contributed by atoms with van der Waals surface area (Å²) in [5.74, 6) is 0. The van der Waals surface area contributed by atoms with Gasteiger partial charge in [-0.1, -0.05) is 0 Å². The van der Waals surface area contributed by atoms with Crippen LogP contribution in [0.3, 0.4) is 0 Å². The quantitative estimate of drug-likeness (QED) is 0.274. The van der Waals surface area contributed by atoms with Gasteiger partial charge in [-0.05, 0) is 0 Å². The first-order valence-corrected chi connectivity index (χ1v) is 19.4. The Hall–Kier alpha value is -0.0913. The minimum absolute atomic E-state index is 0.928. The summed E-state index contributed by atoms with van der Waals surface area (Å²) in [6, 6.07) is 8.14. The van der Waals surface area contributed by atoms with Crippen molar-refractivity contribution in [2.45, 2.75) is 88.9 Å². The van der Waals surface area contributed by atoms with E-state index in [9.17, 15) is 4.21 Å². The molecule has 0 aliphatic carbocycles. The molecule has 1 unspecified atom stereocenters. The first-order chi connectivity index (χ1) is 12.0. The Morgan fingerprint density at radius 3 is 1.76 bits per heavy atom. The maximum absolute atomic E-state index is 13.0. The molecule has 0 N–H and O–H groups in total. The average molecular weight is 469 g/mol. The fourth-order valence-corrected chi connectivity index (χ4v) is 23.1. The molecule has 142 valence electrons. The molecule has 0 fully saturated rings. The van der Waals surface area contributed by atoms with E-state index in [0.717, 1.165) is 14.2 Å². The number of unbranched alkanes of at least 4 members (excludes halogenated alkanes) is 3. The third-order valence-corrected chi connectivity index (χ3v) is 22.8. The molecule has 0 radical (unpaired) electrons. The molecule has 0 aliphatic rings. The van der Waals surface area contributed by atoms with E-state index in [0.29, 0.717) is 0 Å². The number of hydrogen-bond donors (Lipinski definition) is 0. The van der Waals surface area contributed by atoms with E-state index in [2.05, 4.69) is 46.4 Å². The second kappa shape index (κ2) is 12.3. The number of aryl methyl sites for hydroxylation is 1. The predicted molar refractivity (Wildman–Crippen MR) is 116 cm³/mol. The molecule has 1 atom stereocenters. The minimum atomic E-state index is -2.30. The summed E-state index contributed by atoms with van der Waals surface area (Å²) in [5, 5.41) is 0. The molecule has 0 bridgehead atoms. The van der Waals surface area contributed by atoms with Gasteiger partial charge in [-0.25, -0.2) is 0 Å². The molecule has 1 nitrogen and oxygen atoms in total.